The van der Waals surface area contributed by atoms with Gasteiger partial charge in [-0.05, 0) is 51.4 Å². The molecule has 0 bridgehead atoms. The number of hydrogen-bond acceptors (Lipinski definition) is 15. The minimum Gasteiger partial charge on any atom is -0.481 e. The van der Waals surface area contributed by atoms with E-state index in [1.54, 1.807) is 13.1 Å². The van der Waals surface area contributed by atoms with Gasteiger partial charge in [0.2, 0.25) is 17.7 Å². The van der Waals surface area contributed by atoms with E-state index in [4.69, 9.17) is 20.3 Å². The van der Waals surface area contributed by atoms with Gasteiger partial charge >= 0.3 is 23.9 Å². The van der Waals surface area contributed by atoms with Crippen LogP contribution >= 0.6 is 0 Å². The quantitative estimate of drug-likeness (QED) is 0.0369. The molecule has 1 aromatic rings. The molecule has 0 unspecified atom stereocenters. The van der Waals surface area contributed by atoms with Crippen LogP contribution in [0.25, 0.3) is 0 Å². The lowest BCUT2D eigenvalue weighted by Gasteiger charge is -2.17. The number of aromatic amines is 1. The molecule has 12 N–H and O–H groups in total. The first-order valence-electron chi connectivity index (χ1n) is 29.0. The highest BCUT2D eigenvalue weighted by Gasteiger charge is 2.26. The Bertz CT molecular complexity index is 2000. The van der Waals surface area contributed by atoms with Crippen molar-refractivity contribution in [3.63, 3.8) is 0 Å². The molecule has 0 spiro atoms. The van der Waals surface area contributed by atoms with Crippen LogP contribution in [0, 0.1) is 17.8 Å². The van der Waals surface area contributed by atoms with E-state index in [9.17, 15) is 68.1 Å². The van der Waals surface area contributed by atoms with Crippen LogP contribution < -0.4 is 21.7 Å². The number of amides is 3. The van der Waals surface area contributed by atoms with Crippen LogP contribution in [0.5, 0.6) is 0 Å². The Balaban J connectivity index is 0.0000640. The summed E-state index contributed by atoms with van der Waals surface area (Å²) in [5.41, 5.74) is 6.79. The Hall–Kier alpha value is -5.98. The van der Waals surface area contributed by atoms with Crippen molar-refractivity contribution in [2.75, 3.05) is 39.5 Å². The Kier molecular flexibility index (Phi) is 44.1. The Morgan fingerprint density at radius 1 is 0.531 bits per heavy atom. The third-order valence-corrected chi connectivity index (χ3v) is 13.9. The number of nitrogens with two attached hydrogens (primary N) is 1. The molecule has 1 aromatic heterocycles. The maximum Gasteiger partial charge on any atom is 0.326 e. The van der Waals surface area contributed by atoms with Gasteiger partial charge in [-0.15, -0.1) is 0 Å². The number of ketones is 4. The van der Waals surface area contributed by atoms with Gasteiger partial charge in [0.25, 0.3) is 0 Å². The second-order valence-electron chi connectivity index (χ2n) is 20.7. The number of carboxylic acid groups (broad SMARTS) is 4. The van der Waals surface area contributed by atoms with Crippen molar-refractivity contribution in [2.24, 2.45) is 23.5 Å². The molecule has 3 amide bonds. The molecule has 0 saturated carbocycles. The van der Waals surface area contributed by atoms with Gasteiger partial charge in [0.05, 0.1) is 44.0 Å². The van der Waals surface area contributed by atoms with Gasteiger partial charge in [0.15, 0.2) is 5.78 Å². The van der Waals surface area contributed by atoms with Crippen molar-refractivity contribution < 1.29 is 88.1 Å². The highest BCUT2D eigenvalue weighted by Crippen LogP contribution is 2.20. The largest absolute Gasteiger partial charge is 0.481 e. The molecule has 0 aromatic carbocycles. The van der Waals surface area contributed by atoms with Gasteiger partial charge in [0, 0.05) is 95.1 Å². The van der Waals surface area contributed by atoms with E-state index in [1.165, 1.54) is 38.4 Å². The molecule has 24 nitrogen and oxygen atoms in total. The molecular weight excluding hydrogens is 1060 g/mol. The van der Waals surface area contributed by atoms with Crippen LogP contribution in [0.4, 0.5) is 0 Å². The molecule has 0 fully saturated rings. The number of H-pyrrole nitrogens is 1. The number of rotatable bonds is 55. The van der Waals surface area contributed by atoms with Gasteiger partial charge in [-0.1, -0.05) is 90.4 Å². The molecule has 1 rings (SSSR count). The van der Waals surface area contributed by atoms with E-state index in [1.807, 2.05) is 0 Å². The number of carboxylic acids is 4. The number of nitrogens with zero attached hydrogens (tertiary/aromatic N) is 1. The first-order valence-corrected chi connectivity index (χ1v) is 29.0. The molecule has 5 atom stereocenters. The summed E-state index contributed by atoms with van der Waals surface area (Å²) in [6, 6.07) is -2.14. The van der Waals surface area contributed by atoms with Gasteiger partial charge < -0.3 is 62.0 Å². The van der Waals surface area contributed by atoms with Crippen molar-refractivity contribution in [1.29, 1.82) is 0 Å². The minimum absolute atomic E-state index is 0. The van der Waals surface area contributed by atoms with E-state index in [2.05, 4.69) is 25.9 Å². The van der Waals surface area contributed by atoms with Gasteiger partial charge in [-0.2, -0.15) is 0 Å². The van der Waals surface area contributed by atoms with Crippen molar-refractivity contribution in [3.05, 3.63) is 18.2 Å². The SMILES string of the molecule is CCC(=O)[C@H](CCCCNC(=O)CC[C@H](NC(=O)CC[C@H](CC(=O)COCCOCCNC(=O)CC[C@H](CC(=O)CCCCCCCCCCCCCCCCC(=O)O)C(=O)O)C(=O)O)C(=O)O)CCC(=O)[C@@H](N)Cc1cnc[nH]1.O. The van der Waals surface area contributed by atoms with Crippen LogP contribution in [0.3, 0.4) is 0 Å². The van der Waals surface area contributed by atoms with Crippen LogP contribution in [0.1, 0.15) is 205 Å². The second kappa shape index (κ2) is 47.6. The zero-order valence-electron chi connectivity index (χ0n) is 47.8. The van der Waals surface area contributed by atoms with Crippen LogP contribution in [0.2, 0.25) is 0 Å². The molecule has 24 heteroatoms. The Morgan fingerprint density at radius 2 is 1.04 bits per heavy atom. The first kappa shape index (κ1) is 75.0. The predicted octanol–water partition coefficient (Wildman–Crippen LogP) is 5.39. The number of carbonyl (C=O) groups is 11. The van der Waals surface area contributed by atoms with E-state index < -0.39 is 90.8 Å². The number of aromatic nitrogens is 2. The summed E-state index contributed by atoms with van der Waals surface area (Å²) in [5.74, 6) is -9.51. The normalized spacial score (nSPS) is 12.9. The van der Waals surface area contributed by atoms with Crippen molar-refractivity contribution in [2.45, 2.75) is 218 Å². The molecular formula is C57H96N6O18. The summed E-state index contributed by atoms with van der Waals surface area (Å²) < 4.78 is 10.7. The predicted molar refractivity (Wildman–Crippen MR) is 299 cm³/mol. The summed E-state index contributed by atoms with van der Waals surface area (Å²) >= 11 is 0. The Morgan fingerprint density at radius 3 is 1.57 bits per heavy atom. The summed E-state index contributed by atoms with van der Waals surface area (Å²) in [4.78, 5) is 141. The average molecular weight is 1150 g/mol. The second-order valence-corrected chi connectivity index (χ2v) is 20.7. The fraction of sp³-hybridized carbons (Fsp3) is 0.754. The number of aliphatic carboxylic acids is 4. The maximum absolute atomic E-state index is 12.6. The van der Waals surface area contributed by atoms with Crippen molar-refractivity contribution in [1.82, 2.24) is 25.9 Å². The number of nitrogens with one attached hydrogen (secondary N) is 4. The Labute approximate surface area is 476 Å². The maximum atomic E-state index is 12.6. The third kappa shape index (κ3) is 40.8. The summed E-state index contributed by atoms with van der Waals surface area (Å²) in [6.07, 6.45) is 19.6. The molecule has 0 saturated heterocycles. The minimum atomic E-state index is -1.43. The highest BCUT2D eigenvalue weighted by molar-refractivity contribution is 5.88. The van der Waals surface area contributed by atoms with Gasteiger partial charge in [-0.25, -0.2) is 9.78 Å². The molecule has 1 heterocycles. The van der Waals surface area contributed by atoms with E-state index >= 15 is 0 Å². The fourth-order valence-electron chi connectivity index (χ4n) is 9.06. The molecule has 81 heavy (non-hydrogen) atoms. The lowest BCUT2D eigenvalue weighted by molar-refractivity contribution is -0.145. The highest BCUT2D eigenvalue weighted by atomic mass is 16.5. The van der Waals surface area contributed by atoms with Crippen molar-refractivity contribution in [3.8, 4) is 0 Å². The van der Waals surface area contributed by atoms with Crippen molar-refractivity contribution >= 4 is 64.7 Å². The van der Waals surface area contributed by atoms with Crippen LogP contribution in [-0.2, 0) is 68.6 Å². The van der Waals surface area contributed by atoms with E-state index in [0.717, 1.165) is 57.1 Å². The van der Waals surface area contributed by atoms with Gasteiger partial charge in [0.1, 0.15) is 30.0 Å². The third-order valence-electron chi connectivity index (χ3n) is 13.9. The monoisotopic (exact) mass is 1150 g/mol. The summed E-state index contributed by atoms with van der Waals surface area (Å²) in [5, 5.41) is 45.3. The zero-order chi connectivity index (χ0) is 59.3. The first-order chi connectivity index (χ1) is 38.3. The molecule has 0 aliphatic heterocycles. The summed E-state index contributed by atoms with van der Waals surface area (Å²) in [7, 11) is 0. The lowest BCUT2D eigenvalue weighted by atomic mass is 9.89. The summed E-state index contributed by atoms with van der Waals surface area (Å²) in [6.45, 7) is 1.82. The number of hydrogen-bond donors (Lipinski definition) is 9. The molecule has 0 radical (unpaired) electrons. The van der Waals surface area contributed by atoms with Crippen LogP contribution in [-0.4, -0.2) is 152 Å². The van der Waals surface area contributed by atoms with Crippen LogP contribution in [0.15, 0.2) is 12.5 Å². The standard InChI is InChI=1S/C57H94N6O17.H2O/c1-2-49(66)41(22-26-50(67)47(58)37-44-38-59-40-62-44)19-17-18-30-60-52(69)29-25-48(57(77)78)63-53(70)28-24-43(56(75)76)36-46(65)39-80-34-33-79-32-31-61-51(68)27-23-42(55(73)74)35-45(64)20-15-13-11-9-7-5-3-4-6-8-10-12-14-16-21-54(71)72;/h38,40-43,47-48H,2-37,39,58H2,1H3,(H,59,62)(H,60,69)(H,61,68)(H,63,70)(H,71,72)(H,73,74)(H,75,76)(H,77,78);1H2/t41-,42-,43-,47+,48+;/m1./s1. The number of ether oxygens (including phenoxy) is 2. The fourth-order valence-corrected chi connectivity index (χ4v) is 9.06. The molecule has 0 aliphatic rings. The smallest absolute Gasteiger partial charge is 0.326 e. The number of carbonyl (C=O) groups excluding carboxylic acids is 7. The number of unbranched alkanes of at least 4 members (excludes halogenated alkanes) is 14. The zero-order valence-corrected chi connectivity index (χ0v) is 47.8. The topological polar surface area (TPSA) is 409 Å². The van der Waals surface area contributed by atoms with Gasteiger partial charge in [-0.3, -0.25) is 47.9 Å². The lowest BCUT2D eigenvalue weighted by Crippen LogP contribution is -2.42. The number of Topliss-reactive ketones (excluding diaryl/α,β-unsaturated/α-hetero) is 4. The molecule has 462 valence electrons. The van der Waals surface area contributed by atoms with E-state index in [0.29, 0.717) is 51.4 Å². The number of imidazole rings is 1. The average Bonchev–Trinajstić information content (AvgIpc) is 3.93. The van der Waals surface area contributed by atoms with E-state index in [-0.39, 0.29) is 113 Å². The molecule has 0 aliphatic carbocycles.